The minimum atomic E-state index is -1.10. The fourth-order valence-corrected chi connectivity index (χ4v) is 6.98. The second-order valence-corrected chi connectivity index (χ2v) is 12.3. The molecular weight excluding hydrogens is 653 g/mol. The van der Waals surface area contributed by atoms with Crippen molar-refractivity contribution in [2.24, 2.45) is 5.16 Å². The van der Waals surface area contributed by atoms with Crippen LogP contribution in [-0.2, 0) is 19.1 Å². The Kier molecular flexibility index (Phi) is 9.17. The molecule has 15 heteroatoms. The van der Waals surface area contributed by atoms with Crippen molar-refractivity contribution in [3.8, 4) is 5.75 Å². The van der Waals surface area contributed by atoms with E-state index in [2.05, 4.69) is 15.5 Å². The van der Waals surface area contributed by atoms with Gasteiger partial charge in [-0.25, -0.2) is 18.6 Å². The summed E-state index contributed by atoms with van der Waals surface area (Å²) in [5.74, 6) is -4.19. The number of halogens is 2. The maximum atomic E-state index is 14.4. The molecule has 4 N–H and O–H groups in total. The van der Waals surface area contributed by atoms with E-state index in [1.165, 1.54) is 22.0 Å². The number of aromatic nitrogens is 1. The molecule has 4 aromatic rings. The molecule has 3 heterocycles. The highest BCUT2D eigenvalue weighted by Gasteiger charge is 2.55. The van der Waals surface area contributed by atoms with E-state index in [9.17, 15) is 28.4 Å². The van der Waals surface area contributed by atoms with Crippen LogP contribution in [0.1, 0.15) is 22.9 Å². The van der Waals surface area contributed by atoms with Gasteiger partial charge in [-0.3, -0.25) is 14.5 Å². The maximum absolute atomic E-state index is 14.4. The standard InChI is InChI=1S/C32H25F2N5O6S2/c33-20-11-12-23(21(34)13-20)44-14-19-15-46-30-25(37-28(40)24(38-43)22-16-47-32(35)36-22)29(41)39(30)26(19)31(42)45-27(17-7-3-1-4-8-17)18-9-5-2-6-10-18/h1-13,16,25,27,30,43H,14-15H2,(H2,35,36)(H,37,40)/b38-24-/t25?,30-/m1/s1. The number of hydrogen-bond donors (Lipinski definition) is 3. The second-order valence-electron chi connectivity index (χ2n) is 10.3. The van der Waals surface area contributed by atoms with Gasteiger partial charge >= 0.3 is 5.97 Å². The van der Waals surface area contributed by atoms with Gasteiger partial charge in [0, 0.05) is 22.8 Å². The number of nitrogens with two attached hydrogens (primary N) is 1. The van der Waals surface area contributed by atoms with E-state index in [0.717, 1.165) is 23.5 Å². The number of carbonyl (C=O) groups is 3. The Labute approximate surface area is 274 Å². The number of amides is 2. The molecule has 0 aliphatic carbocycles. The van der Waals surface area contributed by atoms with E-state index in [-0.39, 0.29) is 34.6 Å². The van der Waals surface area contributed by atoms with Crippen LogP contribution in [0.25, 0.3) is 0 Å². The zero-order valence-electron chi connectivity index (χ0n) is 24.2. The van der Waals surface area contributed by atoms with Crippen molar-refractivity contribution in [2.45, 2.75) is 17.5 Å². The van der Waals surface area contributed by atoms with Crippen molar-refractivity contribution in [3.05, 3.63) is 124 Å². The maximum Gasteiger partial charge on any atom is 0.356 e. The number of oxime groups is 1. The molecule has 3 aromatic carbocycles. The highest BCUT2D eigenvalue weighted by molar-refractivity contribution is 8.00. The van der Waals surface area contributed by atoms with Gasteiger partial charge in [-0.2, -0.15) is 0 Å². The van der Waals surface area contributed by atoms with Crippen molar-refractivity contribution < 1.29 is 37.8 Å². The number of ether oxygens (including phenoxy) is 2. The number of thioether (sulfide) groups is 1. The SMILES string of the molecule is Nc1nc(/C(=N/O)C(=O)NC2C(=O)N3C(C(=O)OC(c4ccccc4)c4ccccc4)=C(COc4ccc(F)cc4F)CS[C@H]23)cs1. The van der Waals surface area contributed by atoms with Crippen molar-refractivity contribution in [3.63, 3.8) is 0 Å². The van der Waals surface area contributed by atoms with Crippen molar-refractivity contribution in [1.29, 1.82) is 0 Å². The normalized spacial score (nSPS) is 17.6. The monoisotopic (exact) mass is 677 g/mol. The number of thiazole rings is 1. The van der Waals surface area contributed by atoms with Crippen LogP contribution >= 0.6 is 23.1 Å². The zero-order chi connectivity index (χ0) is 33.1. The third-order valence-corrected chi connectivity index (χ3v) is 9.35. The van der Waals surface area contributed by atoms with Crippen molar-refractivity contribution >= 4 is 51.7 Å². The van der Waals surface area contributed by atoms with Gasteiger partial charge in [0.15, 0.2) is 28.5 Å². The molecule has 0 saturated carbocycles. The minimum Gasteiger partial charge on any atom is -0.486 e. The first kappa shape index (κ1) is 31.7. The Morgan fingerprint density at radius 1 is 1.09 bits per heavy atom. The largest absolute Gasteiger partial charge is 0.486 e. The molecule has 2 amide bonds. The highest BCUT2D eigenvalue weighted by atomic mass is 32.2. The van der Waals surface area contributed by atoms with Crippen molar-refractivity contribution in [2.75, 3.05) is 18.1 Å². The number of carbonyl (C=O) groups excluding carboxylic acids is 3. The van der Waals surface area contributed by atoms with E-state index < -0.39 is 52.6 Å². The highest BCUT2D eigenvalue weighted by Crippen LogP contribution is 2.42. The molecule has 1 aromatic heterocycles. The summed E-state index contributed by atoms with van der Waals surface area (Å²) in [6, 6.07) is 19.8. The van der Waals surface area contributed by atoms with Crippen LogP contribution in [0.4, 0.5) is 13.9 Å². The van der Waals surface area contributed by atoms with Gasteiger partial charge in [0.2, 0.25) is 0 Å². The molecule has 2 aliphatic rings. The van der Waals surface area contributed by atoms with Crippen LogP contribution in [0.15, 0.2) is 101 Å². The van der Waals surface area contributed by atoms with Crippen LogP contribution in [0, 0.1) is 11.6 Å². The minimum absolute atomic E-state index is 0.0249. The van der Waals surface area contributed by atoms with Crippen LogP contribution < -0.4 is 15.8 Å². The summed E-state index contributed by atoms with van der Waals surface area (Å²) >= 11 is 2.26. The Bertz CT molecular complexity index is 1850. The molecule has 240 valence electrons. The molecule has 2 atom stereocenters. The number of benzene rings is 3. The smallest absolute Gasteiger partial charge is 0.356 e. The van der Waals surface area contributed by atoms with Crippen LogP contribution in [-0.4, -0.2) is 62.4 Å². The van der Waals surface area contributed by atoms with Gasteiger partial charge in [-0.1, -0.05) is 65.8 Å². The number of β-lactam (4-membered cyclic amide) rings is 1. The third-order valence-electron chi connectivity index (χ3n) is 7.33. The lowest BCUT2D eigenvalue weighted by Crippen LogP contribution is -2.71. The molecular formula is C32H25F2N5O6S2. The average Bonchev–Trinajstić information content (AvgIpc) is 3.51. The number of nitrogens with zero attached hydrogens (tertiary/aromatic N) is 3. The van der Waals surface area contributed by atoms with Gasteiger partial charge < -0.3 is 25.7 Å². The van der Waals surface area contributed by atoms with E-state index in [1.54, 1.807) is 48.5 Å². The molecule has 2 aliphatic heterocycles. The number of nitrogen functional groups attached to an aromatic ring is 1. The summed E-state index contributed by atoms with van der Waals surface area (Å²) in [7, 11) is 0. The number of rotatable bonds is 10. The van der Waals surface area contributed by atoms with E-state index >= 15 is 0 Å². The molecule has 47 heavy (non-hydrogen) atoms. The Balaban J connectivity index is 1.30. The van der Waals surface area contributed by atoms with Crippen LogP contribution in [0.5, 0.6) is 5.75 Å². The molecule has 11 nitrogen and oxygen atoms in total. The summed E-state index contributed by atoms with van der Waals surface area (Å²) in [4.78, 5) is 45.9. The fourth-order valence-electron chi connectivity index (χ4n) is 5.11. The Morgan fingerprint density at radius 2 is 1.77 bits per heavy atom. The lowest BCUT2D eigenvalue weighted by Gasteiger charge is -2.49. The van der Waals surface area contributed by atoms with Crippen molar-refractivity contribution in [1.82, 2.24) is 15.2 Å². The van der Waals surface area contributed by atoms with Gasteiger partial charge in [-0.15, -0.1) is 23.1 Å². The fraction of sp³-hybridized carbons (Fsp3) is 0.156. The molecule has 1 saturated heterocycles. The van der Waals surface area contributed by atoms with E-state index in [1.807, 2.05) is 12.1 Å². The number of esters is 1. The number of fused-ring (bicyclic) bond motifs is 1. The molecule has 1 fully saturated rings. The lowest BCUT2D eigenvalue weighted by molar-refractivity contribution is -0.154. The first-order chi connectivity index (χ1) is 22.7. The quantitative estimate of drug-likeness (QED) is 0.0735. The molecule has 0 radical (unpaired) electrons. The van der Waals surface area contributed by atoms with Crippen LogP contribution in [0.3, 0.4) is 0 Å². The van der Waals surface area contributed by atoms with Crippen LogP contribution in [0.2, 0.25) is 0 Å². The third kappa shape index (κ3) is 6.53. The molecule has 1 unspecified atom stereocenters. The number of hydrogen-bond acceptors (Lipinski definition) is 11. The number of anilines is 1. The predicted molar refractivity (Wildman–Crippen MR) is 170 cm³/mol. The van der Waals surface area contributed by atoms with E-state index in [0.29, 0.717) is 22.8 Å². The zero-order valence-corrected chi connectivity index (χ0v) is 25.8. The Morgan fingerprint density at radius 3 is 2.36 bits per heavy atom. The van der Waals surface area contributed by atoms with Gasteiger partial charge in [0.1, 0.15) is 35.2 Å². The van der Waals surface area contributed by atoms with Gasteiger partial charge in [0.25, 0.3) is 11.8 Å². The van der Waals surface area contributed by atoms with Gasteiger partial charge in [-0.05, 0) is 23.3 Å². The average molecular weight is 678 g/mol. The lowest BCUT2D eigenvalue weighted by atomic mass is 10.0. The molecule has 6 rings (SSSR count). The molecule has 0 spiro atoms. The van der Waals surface area contributed by atoms with Gasteiger partial charge in [0.05, 0.1) is 0 Å². The molecule has 0 bridgehead atoms. The first-order valence-corrected chi connectivity index (χ1v) is 16.0. The Hall–Kier alpha value is -5.28. The topological polar surface area (TPSA) is 156 Å². The second kappa shape index (κ2) is 13.6. The van der Waals surface area contributed by atoms with E-state index in [4.69, 9.17) is 15.2 Å². The summed E-state index contributed by atoms with van der Waals surface area (Å²) in [5.41, 5.74) is 6.78. The number of nitrogens with one attached hydrogen (secondary N) is 1. The summed E-state index contributed by atoms with van der Waals surface area (Å²) in [6.07, 6.45) is -0.845. The summed E-state index contributed by atoms with van der Waals surface area (Å²) in [5, 5.41) is 15.9. The first-order valence-electron chi connectivity index (χ1n) is 14.0. The summed E-state index contributed by atoms with van der Waals surface area (Å²) in [6.45, 7) is -0.318. The summed E-state index contributed by atoms with van der Waals surface area (Å²) < 4.78 is 39.6. The predicted octanol–water partition coefficient (Wildman–Crippen LogP) is 4.25.